The molecule has 76 valence electrons. The van der Waals surface area contributed by atoms with Crippen molar-refractivity contribution in [1.82, 2.24) is 5.09 Å². The van der Waals surface area contributed by atoms with Crippen molar-refractivity contribution in [3.8, 4) is 0 Å². The molecule has 0 saturated carbocycles. The first-order chi connectivity index (χ1) is 5.93. The van der Waals surface area contributed by atoms with E-state index in [1.807, 2.05) is 0 Å². The van der Waals surface area contributed by atoms with Gasteiger partial charge in [-0.3, -0.25) is 14.7 Å². The van der Waals surface area contributed by atoms with Crippen LogP contribution in [0.15, 0.2) is 0 Å². The highest BCUT2D eigenvalue weighted by atomic mass is 31.1. The van der Waals surface area contributed by atoms with E-state index in [-0.39, 0.29) is 12.8 Å². The zero-order valence-corrected chi connectivity index (χ0v) is 8.11. The molecule has 0 aliphatic heterocycles. The van der Waals surface area contributed by atoms with Crippen molar-refractivity contribution in [3.05, 3.63) is 0 Å². The summed E-state index contributed by atoms with van der Waals surface area (Å²) in [6, 6.07) is -1.03. The minimum Gasteiger partial charge on any atom is -0.481 e. The lowest BCUT2D eigenvalue weighted by molar-refractivity contribution is -0.140. The Morgan fingerprint density at radius 1 is 1.46 bits per heavy atom. The van der Waals surface area contributed by atoms with Gasteiger partial charge in [0.25, 0.3) is 0 Å². The lowest BCUT2D eigenvalue weighted by Crippen LogP contribution is -2.32. The van der Waals surface area contributed by atoms with E-state index in [0.717, 1.165) is 0 Å². The predicted octanol–water partition coefficient (Wildman–Crippen LogP) is -0.00150. The van der Waals surface area contributed by atoms with Gasteiger partial charge < -0.3 is 14.8 Å². The molecule has 6 nitrogen and oxygen atoms in total. The summed E-state index contributed by atoms with van der Waals surface area (Å²) >= 11 is 0. The molecular formula is C6H12NO5P. The summed E-state index contributed by atoms with van der Waals surface area (Å²) in [5.74, 6) is -2.25. The van der Waals surface area contributed by atoms with Gasteiger partial charge >= 0.3 is 11.9 Å². The first-order valence-corrected chi connectivity index (χ1v) is 5.56. The molecule has 0 spiro atoms. The van der Waals surface area contributed by atoms with Crippen molar-refractivity contribution < 1.29 is 24.4 Å². The van der Waals surface area contributed by atoms with E-state index in [4.69, 9.17) is 10.2 Å². The summed E-state index contributed by atoms with van der Waals surface area (Å²) in [6.07, 6.45) is -0.311. The minimum atomic E-state index is -2.10. The van der Waals surface area contributed by atoms with Crippen LogP contribution in [-0.4, -0.2) is 34.9 Å². The highest BCUT2D eigenvalue weighted by Gasteiger charge is 2.18. The average Bonchev–Trinajstić information content (AvgIpc) is 1.96. The van der Waals surface area contributed by atoms with Crippen LogP contribution in [-0.2, 0) is 14.2 Å². The molecule has 0 aromatic carbocycles. The van der Waals surface area contributed by atoms with Gasteiger partial charge in [0.15, 0.2) is 0 Å². The van der Waals surface area contributed by atoms with Gasteiger partial charge in [0.1, 0.15) is 14.0 Å². The Morgan fingerprint density at radius 3 is 2.31 bits per heavy atom. The Bertz CT molecular complexity index is 229. The molecule has 0 radical (unpaired) electrons. The highest BCUT2D eigenvalue weighted by Crippen LogP contribution is 2.11. The third-order valence-corrected chi connectivity index (χ3v) is 2.08. The third kappa shape index (κ3) is 6.31. The van der Waals surface area contributed by atoms with Gasteiger partial charge in [-0.25, -0.2) is 0 Å². The normalized spacial score (nSPS) is 14.8. The van der Waals surface area contributed by atoms with Gasteiger partial charge in [0.2, 0.25) is 0 Å². The smallest absolute Gasteiger partial charge is 0.321 e. The van der Waals surface area contributed by atoms with Gasteiger partial charge in [0, 0.05) is 6.42 Å². The number of rotatable bonds is 6. The number of hydrogen-bond donors (Lipinski definition) is 3. The van der Waals surface area contributed by atoms with Gasteiger partial charge in [-0.2, -0.15) is 0 Å². The van der Waals surface area contributed by atoms with Gasteiger partial charge in [-0.15, -0.1) is 0 Å². The number of aliphatic carboxylic acids is 2. The van der Waals surface area contributed by atoms with Crippen LogP contribution in [0.4, 0.5) is 0 Å². The summed E-state index contributed by atoms with van der Waals surface area (Å²) in [5, 5.41) is 19.2. The maximum absolute atomic E-state index is 10.7. The number of carbonyl (C=O) groups is 2. The van der Waals surface area contributed by atoms with Crippen molar-refractivity contribution in [2.75, 3.05) is 6.66 Å². The van der Waals surface area contributed by atoms with Crippen LogP contribution in [0, 0.1) is 0 Å². The Labute approximate surface area is 75.8 Å². The Balaban J connectivity index is 4.02. The maximum Gasteiger partial charge on any atom is 0.321 e. The quantitative estimate of drug-likeness (QED) is 0.532. The van der Waals surface area contributed by atoms with Crippen molar-refractivity contribution in [2.45, 2.75) is 18.9 Å². The third-order valence-electron chi connectivity index (χ3n) is 1.32. The summed E-state index contributed by atoms with van der Waals surface area (Å²) in [7, 11) is -2.10. The molecule has 0 rings (SSSR count). The first-order valence-electron chi connectivity index (χ1n) is 3.65. The zero-order valence-electron chi connectivity index (χ0n) is 7.11. The van der Waals surface area contributed by atoms with E-state index < -0.39 is 25.9 Å². The van der Waals surface area contributed by atoms with Crippen LogP contribution in [0.1, 0.15) is 12.8 Å². The lowest BCUT2D eigenvalue weighted by Gasteiger charge is -2.10. The van der Waals surface area contributed by atoms with Crippen LogP contribution in [0.5, 0.6) is 0 Å². The molecule has 7 heteroatoms. The molecule has 0 heterocycles. The predicted molar refractivity (Wildman–Crippen MR) is 46.4 cm³/mol. The van der Waals surface area contributed by atoms with E-state index in [1.165, 1.54) is 6.66 Å². The standard InChI is InChI=1S/C6H12NO5P/c1-13(12)7-4(6(10)11)2-3-5(8)9/h4,13H,2-3H2,1H3,(H,7,12)(H,8,9)(H,10,11). The molecule has 0 aliphatic rings. The topological polar surface area (TPSA) is 104 Å². The fraction of sp³-hybridized carbons (Fsp3) is 0.667. The van der Waals surface area contributed by atoms with Gasteiger partial charge in [-0.05, 0) is 13.1 Å². The minimum absolute atomic E-state index is 0.0606. The van der Waals surface area contributed by atoms with E-state index in [9.17, 15) is 14.2 Å². The van der Waals surface area contributed by atoms with Crippen molar-refractivity contribution in [3.63, 3.8) is 0 Å². The molecule has 2 unspecified atom stereocenters. The van der Waals surface area contributed by atoms with Crippen molar-refractivity contribution >= 4 is 19.9 Å². The molecule has 0 aliphatic carbocycles. The second-order valence-electron chi connectivity index (χ2n) is 2.52. The molecule has 0 fully saturated rings. The number of hydrogen-bond acceptors (Lipinski definition) is 3. The summed E-state index contributed by atoms with van der Waals surface area (Å²) in [6.45, 7) is 1.36. The molecule has 0 bridgehead atoms. The largest absolute Gasteiger partial charge is 0.481 e. The average molecular weight is 209 g/mol. The summed E-state index contributed by atoms with van der Waals surface area (Å²) in [5.41, 5.74) is 0. The Hall–Kier alpha value is -0.870. The molecule has 13 heavy (non-hydrogen) atoms. The number of carboxylic acid groups (broad SMARTS) is 2. The maximum atomic E-state index is 10.7. The van der Waals surface area contributed by atoms with Crippen LogP contribution >= 0.6 is 7.95 Å². The molecule has 0 saturated heterocycles. The number of carboxylic acids is 2. The monoisotopic (exact) mass is 209 g/mol. The molecular weight excluding hydrogens is 197 g/mol. The second kappa shape index (κ2) is 5.72. The molecule has 2 atom stereocenters. The van der Waals surface area contributed by atoms with Crippen LogP contribution in [0.25, 0.3) is 0 Å². The molecule has 3 N–H and O–H groups in total. The van der Waals surface area contributed by atoms with Gasteiger partial charge in [0.05, 0.1) is 0 Å². The zero-order chi connectivity index (χ0) is 10.4. The molecule has 0 aromatic heterocycles. The van der Waals surface area contributed by atoms with Crippen LogP contribution in [0.2, 0.25) is 0 Å². The van der Waals surface area contributed by atoms with Gasteiger partial charge in [-0.1, -0.05) is 0 Å². The molecule has 0 amide bonds. The van der Waals surface area contributed by atoms with E-state index in [0.29, 0.717) is 0 Å². The first kappa shape index (κ1) is 12.1. The Morgan fingerprint density at radius 2 is 2.00 bits per heavy atom. The highest BCUT2D eigenvalue weighted by molar-refractivity contribution is 7.41. The van der Waals surface area contributed by atoms with E-state index in [1.54, 1.807) is 0 Å². The van der Waals surface area contributed by atoms with E-state index in [2.05, 4.69) is 5.09 Å². The SMILES string of the molecule is C[PH](=O)NC(CCC(=O)O)C(=O)O. The summed E-state index contributed by atoms with van der Waals surface area (Å²) < 4.78 is 10.7. The van der Waals surface area contributed by atoms with Crippen molar-refractivity contribution in [2.24, 2.45) is 0 Å². The number of nitrogens with one attached hydrogen (secondary N) is 1. The lowest BCUT2D eigenvalue weighted by atomic mass is 10.2. The molecule has 0 aromatic rings. The fourth-order valence-electron chi connectivity index (χ4n) is 0.771. The van der Waals surface area contributed by atoms with Crippen LogP contribution < -0.4 is 5.09 Å². The fourth-order valence-corrected chi connectivity index (χ4v) is 1.53. The Kier molecular flexibility index (Phi) is 5.34. The van der Waals surface area contributed by atoms with E-state index >= 15 is 0 Å². The van der Waals surface area contributed by atoms with Crippen LogP contribution in [0.3, 0.4) is 0 Å². The van der Waals surface area contributed by atoms with Crippen molar-refractivity contribution in [1.29, 1.82) is 0 Å². The summed E-state index contributed by atoms with van der Waals surface area (Å²) in [4.78, 5) is 20.6. The second-order valence-corrected chi connectivity index (χ2v) is 3.92.